The summed E-state index contributed by atoms with van der Waals surface area (Å²) in [5.74, 6) is -1.43. The van der Waals surface area contributed by atoms with Crippen molar-refractivity contribution in [3.63, 3.8) is 0 Å². The van der Waals surface area contributed by atoms with Crippen molar-refractivity contribution in [2.75, 3.05) is 24.1 Å². The molecule has 1 fully saturated rings. The second-order valence-corrected chi connectivity index (χ2v) is 6.75. The molecule has 2 aromatic rings. The van der Waals surface area contributed by atoms with Gasteiger partial charge in [0, 0.05) is 19.5 Å². The minimum absolute atomic E-state index is 0.105. The van der Waals surface area contributed by atoms with Crippen LogP contribution in [0.1, 0.15) is 11.1 Å². The fourth-order valence-electron chi connectivity index (χ4n) is 3.01. The van der Waals surface area contributed by atoms with Crippen molar-refractivity contribution in [2.24, 2.45) is 5.92 Å². The number of benzene rings is 2. The molecule has 6 heteroatoms. The molecule has 1 saturated heterocycles. The zero-order valence-corrected chi connectivity index (χ0v) is 14.7. The van der Waals surface area contributed by atoms with E-state index in [-0.39, 0.29) is 19.0 Å². The summed E-state index contributed by atoms with van der Waals surface area (Å²) >= 11 is 0. The molecule has 2 aromatic carbocycles. The van der Waals surface area contributed by atoms with Crippen molar-refractivity contribution in [3.8, 4) is 0 Å². The number of carbonyl (C=O) groups excluding carboxylic acids is 1. The molecule has 0 spiro atoms. The average Bonchev–Trinajstić information content (AvgIpc) is 2.56. The number of carbonyl (C=O) groups is 2. The topological polar surface area (TPSA) is 95.7 Å². The van der Waals surface area contributed by atoms with Crippen LogP contribution in [0, 0.1) is 12.8 Å². The van der Waals surface area contributed by atoms with Crippen LogP contribution in [0.3, 0.4) is 0 Å². The zero-order chi connectivity index (χ0) is 18.7. The van der Waals surface area contributed by atoms with Gasteiger partial charge >= 0.3 is 5.97 Å². The Labute approximate surface area is 152 Å². The van der Waals surface area contributed by atoms with Crippen molar-refractivity contribution < 1.29 is 14.7 Å². The number of aliphatic carboxylic acids is 1. The lowest BCUT2D eigenvalue weighted by Gasteiger charge is -2.39. The highest BCUT2D eigenvalue weighted by atomic mass is 16.4. The summed E-state index contributed by atoms with van der Waals surface area (Å²) in [4.78, 5) is 25.5. The number of rotatable bonds is 6. The predicted molar refractivity (Wildman–Crippen MR) is 101 cm³/mol. The van der Waals surface area contributed by atoms with Gasteiger partial charge < -0.3 is 21.1 Å². The highest BCUT2D eigenvalue weighted by Crippen LogP contribution is 2.23. The number of anilines is 2. The Morgan fingerprint density at radius 3 is 2.46 bits per heavy atom. The van der Waals surface area contributed by atoms with E-state index < -0.39 is 17.9 Å². The highest BCUT2D eigenvalue weighted by Gasteiger charge is 2.38. The van der Waals surface area contributed by atoms with Gasteiger partial charge in [0.1, 0.15) is 6.04 Å². The molecular weight excluding hydrogens is 330 g/mol. The number of carboxylic acid groups (broad SMARTS) is 1. The smallest absolute Gasteiger partial charge is 0.310 e. The van der Waals surface area contributed by atoms with E-state index >= 15 is 0 Å². The number of likely N-dealkylation sites (tertiary alicyclic amines) is 1. The van der Waals surface area contributed by atoms with E-state index in [4.69, 9.17) is 10.8 Å². The SMILES string of the molecule is Cc1ccc(CC(Nc2ccccc2N)C(=O)N2CC(C(=O)O)C2)cc1. The van der Waals surface area contributed by atoms with Gasteiger partial charge in [-0.05, 0) is 24.6 Å². The molecule has 136 valence electrons. The van der Waals surface area contributed by atoms with Gasteiger partial charge in [-0.25, -0.2) is 0 Å². The van der Waals surface area contributed by atoms with Crippen LogP contribution in [-0.2, 0) is 16.0 Å². The van der Waals surface area contributed by atoms with Gasteiger partial charge in [-0.2, -0.15) is 0 Å². The number of hydrogen-bond donors (Lipinski definition) is 3. The Balaban J connectivity index is 1.77. The van der Waals surface area contributed by atoms with Crippen molar-refractivity contribution in [3.05, 3.63) is 59.7 Å². The molecule has 0 aliphatic carbocycles. The molecule has 0 radical (unpaired) electrons. The average molecular weight is 353 g/mol. The van der Waals surface area contributed by atoms with E-state index in [9.17, 15) is 9.59 Å². The third kappa shape index (κ3) is 3.96. The van der Waals surface area contributed by atoms with E-state index in [0.717, 1.165) is 11.1 Å². The van der Waals surface area contributed by atoms with Crippen LogP contribution in [0.4, 0.5) is 11.4 Å². The molecule has 0 aromatic heterocycles. The number of nitrogens with one attached hydrogen (secondary N) is 1. The third-order valence-electron chi connectivity index (χ3n) is 4.69. The number of para-hydroxylation sites is 2. The summed E-state index contributed by atoms with van der Waals surface area (Å²) in [6, 6.07) is 14.8. The largest absolute Gasteiger partial charge is 0.481 e. The van der Waals surface area contributed by atoms with Crippen LogP contribution in [0.25, 0.3) is 0 Å². The second kappa shape index (κ2) is 7.47. The minimum Gasteiger partial charge on any atom is -0.481 e. The van der Waals surface area contributed by atoms with E-state index in [2.05, 4.69) is 5.32 Å². The minimum atomic E-state index is -0.857. The molecule has 0 bridgehead atoms. The molecule has 3 rings (SSSR count). The summed E-state index contributed by atoms with van der Waals surface area (Å²) < 4.78 is 0. The van der Waals surface area contributed by atoms with E-state index in [1.165, 1.54) is 0 Å². The standard InChI is InChI=1S/C20H23N3O3/c1-13-6-8-14(9-7-13)10-18(22-17-5-3-2-4-16(17)21)19(24)23-11-15(12-23)20(25)26/h2-9,15,18,22H,10-12,21H2,1H3,(H,25,26). The van der Waals surface area contributed by atoms with Gasteiger partial charge in [0.05, 0.1) is 17.3 Å². The van der Waals surface area contributed by atoms with E-state index in [1.807, 2.05) is 49.4 Å². The number of nitrogens with two attached hydrogens (primary N) is 1. The first-order chi connectivity index (χ1) is 12.4. The van der Waals surface area contributed by atoms with Gasteiger partial charge in [-0.15, -0.1) is 0 Å². The molecule has 0 saturated carbocycles. The number of carboxylic acids is 1. The van der Waals surface area contributed by atoms with Gasteiger partial charge in [-0.1, -0.05) is 42.0 Å². The summed E-state index contributed by atoms with van der Waals surface area (Å²) in [6.45, 7) is 2.52. The van der Waals surface area contributed by atoms with Crippen LogP contribution < -0.4 is 11.1 Å². The highest BCUT2D eigenvalue weighted by molar-refractivity contribution is 5.88. The third-order valence-corrected chi connectivity index (χ3v) is 4.69. The molecule has 1 aliphatic rings. The van der Waals surface area contributed by atoms with Crippen LogP contribution in [-0.4, -0.2) is 41.0 Å². The first-order valence-corrected chi connectivity index (χ1v) is 8.62. The molecular formula is C20H23N3O3. The Bertz CT molecular complexity index is 798. The second-order valence-electron chi connectivity index (χ2n) is 6.75. The van der Waals surface area contributed by atoms with Crippen LogP contribution >= 0.6 is 0 Å². The lowest BCUT2D eigenvalue weighted by Crippen LogP contribution is -2.57. The van der Waals surface area contributed by atoms with Gasteiger partial charge in [0.15, 0.2) is 0 Å². The molecule has 4 N–H and O–H groups in total. The van der Waals surface area contributed by atoms with Crippen molar-refractivity contribution >= 4 is 23.3 Å². The molecule has 6 nitrogen and oxygen atoms in total. The molecule has 1 atom stereocenters. The monoisotopic (exact) mass is 353 g/mol. The Morgan fingerprint density at radius 1 is 1.19 bits per heavy atom. The maximum absolute atomic E-state index is 12.9. The van der Waals surface area contributed by atoms with E-state index in [0.29, 0.717) is 17.8 Å². The number of aryl methyl sites for hydroxylation is 1. The maximum Gasteiger partial charge on any atom is 0.310 e. The Hall–Kier alpha value is -3.02. The molecule has 1 heterocycles. The summed E-state index contributed by atoms with van der Waals surface area (Å²) in [5, 5.41) is 12.3. The normalized spacial score (nSPS) is 15.2. The quantitative estimate of drug-likeness (QED) is 0.692. The van der Waals surface area contributed by atoms with Crippen molar-refractivity contribution in [1.29, 1.82) is 0 Å². The molecule has 1 unspecified atom stereocenters. The molecule has 26 heavy (non-hydrogen) atoms. The number of amides is 1. The maximum atomic E-state index is 12.9. The number of nitrogen functional groups attached to an aromatic ring is 1. The Kier molecular flexibility index (Phi) is 5.11. The summed E-state index contributed by atoms with van der Waals surface area (Å²) in [7, 11) is 0. The number of nitrogens with zero attached hydrogens (tertiary/aromatic N) is 1. The zero-order valence-electron chi connectivity index (χ0n) is 14.7. The van der Waals surface area contributed by atoms with Crippen molar-refractivity contribution in [1.82, 2.24) is 4.90 Å². The van der Waals surface area contributed by atoms with E-state index in [1.54, 1.807) is 11.0 Å². The van der Waals surface area contributed by atoms with Gasteiger partial charge in [-0.3, -0.25) is 9.59 Å². The lowest BCUT2D eigenvalue weighted by molar-refractivity contribution is -0.153. The lowest BCUT2D eigenvalue weighted by atomic mass is 9.97. The first-order valence-electron chi connectivity index (χ1n) is 8.62. The van der Waals surface area contributed by atoms with Crippen LogP contribution in [0.5, 0.6) is 0 Å². The molecule has 1 amide bonds. The fourth-order valence-corrected chi connectivity index (χ4v) is 3.01. The van der Waals surface area contributed by atoms with Gasteiger partial charge in [0.25, 0.3) is 0 Å². The van der Waals surface area contributed by atoms with Crippen LogP contribution in [0.2, 0.25) is 0 Å². The fraction of sp³-hybridized carbons (Fsp3) is 0.300. The predicted octanol–water partition coefficient (Wildman–Crippen LogP) is 2.14. The van der Waals surface area contributed by atoms with Gasteiger partial charge in [0.2, 0.25) is 5.91 Å². The summed E-state index contributed by atoms with van der Waals surface area (Å²) in [5.41, 5.74) is 9.46. The number of hydrogen-bond acceptors (Lipinski definition) is 4. The molecule has 1 aliphatic heterocycles. The van der Waals surface area contributed by atoms with Crippen LogP contribution in [0.15, 0.2) is 48.5 Å². The summed E-state index contributed by atoms with van der Waals surface area (Å²) in [6.07, 6.45) is 0.502. The Morgan fingerprint density at radius 2 is 1.85 bits per heavy atom. The first kappa shape index (κ1) is 17.8. The van der Waals surface area contributed by atoms with Crippen molar-refractivity contribution in [2.45, 2.75) is 19.4 Å².